The largest absolute Gasteiger partial charge is 0.484 e. The molecule has 0 bridgehead atoms. The van der Waals surface area contributed by atoms with Crippen LogP contribution >= 0.6 is 0 Å². The Morgan fingerprint density at radius 2 is 0.982 bits per heavy atom. The smallest absolute Gasteiger partial charge is 0.132 e. The van der Waals surface area contributed by atoms with Crippen LogP contribution in [0.15, 0.2) is 224 Å². The van der Waals surface area contributed by atoms with E-state index in [4.69, 9.17) is 4.74 Å². The number of rotatable bonds is 7. The van der Waals surface area contributed by atoms with Crippen LogP contribution in [0.4, 0.5) is 17.1 Å². The molecule has 8 aromatic carbocycles. The van der Waals surface area contributed by atoms with E-state index in [0.717, 1.165) is 22.8 Å². The van der Waals surface area contributed by atoms with Crippen LogP contribution in [0.1, 0.15) is 33.7 Å². The van der Waals surface area contributed by atoms with Crippen LogP contribution in [0.25, 0.3) is 33.4 Å². The minimum Gasteiger partial charge on any atom is -0.484 e. The SMILES string of the molecule is C1=CC2Oc3c(ccc4c3-c3ccccc3C4(c3ccccc3)c3cccc(N(c4ccc(-c5ccccc5)cc4)c4ccc(-c5ccccc5)cc4)c3)C2C=C1. The molecule has 0 saturated carbocycles. The average molecular weight is 730 g/mol. The van der Waals surface area contributed by atoms with Crippen LogP contribution in [0, 0.1) is 0 Å². The molecule has 0 spiro atoms. The number of benzene rings is 8. The van der Waals surface area contributed by atoms with E-state index in [1.54, 1.807) is 0 Å². The second-order valence-corrected chi connectivity index (χ2v) is 15.2. The van der Waals surface area contributed by atoms with Gasteiger partial charge in [-0.15, -0.1) is 0 Å². The standard InChI is InChI=1S/C55H39NO/c1-4-15-38(16-5-1)40-27-31-44(32-28-40)56(45-33-29-41(30-34-45)39-17-6-2-7-18-39)46-22-14-21-43(37-46)55(42-19-8-3-9-20-42)50-25-12-10-24-49(50)53-51(55)36-35-48-47-23-11-13-26-52(47)57-54(48)53/h1-37,47,52H. The van der Waals surface area contributed by atoms with Crippen molar-refractivity contribution in [3.05, 3.63) is 252 Å². The summed E-state index contributed by atoms with van der Waals surface area (Å²) in [7, 11) is 0. The summed E-state index contributed by atoms with van der Waals surface area (Å²) in [4.78, 5) is 2.39. The Bertz CT molecular complexity index is 2720. The predicted molar refractivity (Wildman–Crippen MR) is 235 cm³/mol. The zero-order chi connectivity index (χ0) is 37.8. The molecule has 2 heteroatoms. The third-order valence-corrected chi connectivity index (χ3v) is 12.1. The minimum absolute atomic E-state index is 0.00818. The van der Waals surface area contributed by atoms with Gasteiger partial charge >= 0.3 is 0 Å². The monoisotopic (exact) mass is 729 g/mol. The van der Waals surface area contributed by atoms with E-state index in [0.29, 0.717) is 0 Å². The molecule has 3 aliphatic rings. The summed E-state index contributed by atoms with van der Waals surface area (Å²) in [6, 6.07) is 73.0. The quantitative estimate of drug-likeness (QED) is 0.162. The van der Waals surface area contributed by atoms with Gasteiger partial charge in [0.15, 0.2) is 0 Å². The molecule has 1 heterocycles. The highest BCUT2D eigenvalue weighted by Gasteiger charge is 2.49. The summed E-state index contributed by atoms with van der Waals surface area (Å²) in [6.45, 7) is 0. The maximum Gasteiger partial charge on any atom is 0.132 e. The molecule has 0 saturated heterocycles. The molecule has 1 aliphatic heterocycles. The van der Waals surface area contributed by atoms with Crippen molar-refractivity contribution in [3.63, 3.8) is 0 Å². The molecule has 0 aromatic heterocycles. The Morgan fingerprint density at radius 1 is 0.421 bits per heavy atom. The van der Waals surface area contributed by atoms with Gasteiger partial charge in [-0.3, -0.25) is 0 Å². The lowest BCUT2D eigenvalue weighted by Gasteiger charge is -2.35. The van der Waals surface area contributed by atoms with Gasteiger partial charge in [0.25, 0.3) is 0 Å². The Morgan fingerprint density at radius 3 is 1.65 bits per heavy atom. The lowest BCUT2D eigenvalue weighted by Crippen LogP contribution is -2.29. The highest BCUT2D eigenvalue weighted by atomic mass is 16.5. The molecular weight excluding hydrogens is 691 g/mol. The summed E-state index contributed by atoms with van der Waals surface area (Å²) in [5, 5.41) is 0. The van der Waals surface area contributed by atoms with Crippen LogP contribution in [-0.2, 0) is 5.41 Å². The lowest BCUT2D eigenvalue weighted by atomic mass is 9.67. The molecule has 3 atom stereocenters. The number of nitrogens with zero attached hydrogens (tertiary/aromatic N) is 1. The second kappa shape index (κ2) is 13.5. The van der Waals surface area contributed by atoms with E-state index in [-0.39, 0.29) is 12.0 Å². The van der Waals surface area contributed by atoms with Crippen LogP contribution in [0.5, 0.6) is 5.75 Å². The van der Waals surface area contributed by atoms with Gasteiger partial charge in [-0.1, -0.05) is 182 Å². The summed E-state index contributed by atoms with van der Waals surface area (Å²) in [5.74, 6) is 1.23. The van der Waals surface area contributed by atoms with Gasteiger partial charge in [0.2, 0.25) is 0 Å². The first-order valence-electron chi connectivity index (χ1n) is 19.8. The van der Waals surface area contributed by atoms with Gasteiger partial charge < -0.3 is 9.64 Å². The molecule has 2 aliphatic carbocycles. The zero-order valence-corrected chi connectivity index (χ0v) is 31.4. The van der Waals surface area contributed by atoms with Crippen molar-refractivity contribution in [2.75, 3.05) is 4.90 Å². The van der Waals surface area contributed by atoms with Crippen molar-refractivity contribution < 1.29 is 4.74 Å². The number of hydrogen-bond donors (Lipinski definition) is 0. The molecule has 8 aromatic rings. The number of ether oxygens (including phenoxy) is 1. The van der Waals surface area contributed by atoms with E-state index in [2.05, 4.69) is 229 Å². The van der Waals surface area contributed by atoms with Gasteiger partial charge in [-0.25, -0.2) is 0 Å². The van der Waals surface area contributed by atoms with Crippen molar-refractivity contribution in [1.29, 1.82) is 0 Å². The first-order valence-corrected chi connectivity index (χ1v) is 19.8. The van der Waals surface area contributed by atoms with Crippen molar-refractivity contribution in [2.24, 2.45) is 0 Å². The highest BCUT2D eigenvalue weighted by Crippen LogP contribution is 2.61. The third kappa shape index (κ3) is 5.33. The zero-order valence-electron chi connectivity index (χ0n) is 31.4. The lowest BCUT2D eigenvalue weighted by molar-refractivity contribution is 0.269. The fraction of sp³-hybridized carbons (Fsp3) is 0.0545. The Hall–Kier alpha value is -7.16. The third-order valence-electron chi connectivity index (χ3n) is 12.1. The minimum atomic E-state index is -0.582. The Kier molecular flexibility index (Phi) is 7.89. The maximum atomic E-state index is 6.89. The van der Waals surface area contributed by atoms with E-state index >= 15 is 0 Å². The number of anilines is 3. The van der Waals surface area contributed by atoms with Crippen LogP contribution in [0.3, 0.4) is 0 Å². The van der Waals surface area contributed by atoms with Crippen LogP contribution < -0.4 is 9.64 Å². The number of hydrogen-bond acceptors (Lipinski definition) is 2. The van der Waals surface area contributed by atoms with E-state index in [9.17, 15) is 0 Å². The van der Waals surface area contributed by atoms with Gasteiger partial charge in [0, 0.05) is 34.1 Å². The topological polar surface area (TPSA) is 12.5 Å². The normalized spacial score (nSPS) is 18.2. The fourth-order valence-electron chi connectivity index (χ4n) is 9.53. The summed E-state index contributed by atoms with van der Waals surface area (Å²) >= 11 is 0. The second-order valence-electron chi connectivity index (χ2n) is 15.2. The Balaban J connectivity index is 1.11. The molecular formula is C55H39NO. The molecule has 11 rings (SSSR count). The van der Waals surface area contributed by atoms with Crippen LogP contribution in [-0.4, -0.2) is 6.10 Å². The number of fused-ring (bicyclic) bond motifs is 7. The fourth-order valence-corrected chi connectivity index (χ4v) is 9.53. The molecule has 0 radical (unpaired) electrons. The van der Waals surface area contributed by atoms with E-state index in [1.807, 2.05) is 0 Å². The van der Waals surface area contributed by atoms with E-state index < -0.39 is 5.41 Å². The van der Waals surface area contributed by atoms with Crippen molar-refractivity contribution in [3.8, 4) is 39.1 Å². The van der Waals surface area contributed by atoms with Gasteiger partial charge in [-0.2, -0.15) is 0 Å². The summed E-state index contributed by atoms with van der Waals surface area (Å²) in [6.07, 6.45) is 8.74. The molecule has 270 valence electrons. The predicted octanol–water partition coefficient (Wildman–Crippen LogP) is 13.8. The first-order chi connectivity index (χ1) is 28.3. The molecule has 57 heavy (non-hydrogen) atoms. The molecule has 2 nitrogen and oxygen atoms in total. The molecule has 0 fully saturated rings. The van der Waals surface area contributed by atoms with Crippen molar-refractivity contribution >= 4 is 17.1 Å². The molecule has 3 unspecified atom stereocenters. The average Bonchev–Trinajstić information content (AvgIpc) is 3.82. The maximum absolute atomic E-state index is 6.89. The molecule has 0 amide bonds. The number of allylic oxidation sites excluding steroid dienone is 2. The Labute approximate surface area is 334 Å². The highest BCUT2D eigenvalue weighted by molar-refractivity contribution is 5.92. The molecule has 0 N–H and O–H groups in total. The first kappa shape index (κ1) is 33.2. The van der Waals surface area contributed by atoms with Crippen molar-refractivity contribution in [2.45, 2.75) is 17.4 Å². The van der Waals surface area contributed by atoms with Crippen LogP contribution in [0.2, 0.25) is 0 Å². The van der Waals surface area contributed by atoms with Crippen molar-refractivity contribution in [1.82, 2.24) is 0 Å². The summed E-state index contributed by atoms with van der Waals surface area (Å²) in [5.41, 5.74) is 16.1. The van der Waals surface area contributed by atoms with Gasteiger partial charge in [0.05, 0.1) is 5.41 Å². The van der Waals surface area contributed by atoms with Gasteiger partial charge in [-0.05, 0) is 92.5 Å². The summed E-state index contributed by atoms with van der Waals surface area (Å²) < 4.78 is 6.89. The van der Waals surface area contributed by atoms with E-state index in [1.165, 1.54) is 61.2 Å². The van der Waals surface area contributed by atoms with Gasteiger partial charge in [0.1, 0.15) is 11.9 Å².